The number of thiazole rings is 1. The Morgan fingerprint density at radius 2 is 2.06 bits per heavy atom. The van der Waals surface area contributed by atoms with Gasteiger partial charge in [-0.05, 0) is 57.0 Å². The molecule has 102 valence electrons. The highest BCUT2D eigenvalue weighted by molar-refractivity contribution is 7.11. The number of aromatic nitrogens is 1. The van der Waals surface area contributed by atoms with Crippen LogP contribution in [0.1, 0.15) is 42.5 Å². The fourth-order valence-corrected chi connectivity index (χ4v) is 3.48. The summed E-state index contributed by atoms with van der Waals surface area (Å²) in [6, 6.07) is 0. The molecule has 1 fully saturated rings. The first-order valence-corrected chi connectivity index (χ1v) is 7.97. The molecule has 0 amide bonds. The first-order valence-electron chi connectivity index (χ1n) is 7.16. The first-order chi connectivity index (χ1) is 8.81. The van der Waals surface area contributed by atoms with E-state index in [1.54, 1.807) is 0 Å². The third-order valence-corrected chi connectivity index (χ3v) is 5.10. The van der Waals surface area contributed by atoms with E-state index in [0.29, 0.717) is 0 Å². The van der Waals surface area contributed by atoms with Crippen molar-refractivity contribution in [3.8, 4) is 0 Å². The maximum absolute atomic E-state index is 5.72. The minimum Gasteiger partial charge on any atom is -0.330 e. The van der Waals surface area contributed by atoms with Crippen molar-refractivity contribution in [1.29, 1.82) is 0 Å². The van der Waals surface area contributed by atoms with Gasteiger partial charge in [0.05, 0.1) is 0 Å². The minimum atomic E-state index is 0.785. The summed E-state index contributed by atoms with van der Waals surface area (Å²) in [5, 5.41) is 4.78. The van der Waals surface area contributed by atoms with Crippen molar-refractivity contribution in [2.45, 2.75) is 45.6 Å². The minimum absolute atomic E-state index is 0.785. The van der Waals surface area contributed by atoms with E-state index in [2.05, 4.69) is 17.2 Å². The molecule has 1 aromatic rings. The summed E-state index contributed by atoms with van der Waals surface area (Å²) in [7, 11) is 0. The third-order valence-electron chi connectivity index (χ3n) is 3.96. The van der Waals surface area contributed by atoms with Crippen molar-refractivity contribution < 1.29 is 0 Å². The lowest BCUT2D eigenvalue weighted by atomic mass is 9.82. The molecule has 0 aromatic carbocycles. The Morgan fingerprint density at radius 3 is 2.67 bits per heavy atom. The molecule has 0 radical (unpaired) electrons. The van der Waals surface area contributed by atoms with Crippen LogP contribution in [0.15, 0.2) is 6.20 Å². The summed E-state index contributed by atoms with van der Waals surface area (Å²) >= 11 is 1.83. The van der Waals surface area contributed by atoms with Gasteiger partial charge in [0.25, 0.3) is 0 Å². The van der Waals surface area contributed by atoms with Gasteiger partial charge in [0.1, 0.15) is 5.01 Å². The van der Waals surface area contributed by atoms with E-state index in [0.717, 1.165) is 37.9 Å². The molecule has 1 aliphatic rings. The van der Waals surface area contributed by atoms with Crippen LogP contribution < -0.4 is 11.1 Å². The molecule has 3 nitrogen and oxygen atoms in total. The lowest BCUT2D eigenvalue weighted by Crippen LogP contribution is -2.28. The lowest BCUT2D eigenvalue weighted by Gasteiger charge is -2.27. The molecule has 1 aliphatic carbocycles. The van der Waals surface area contributed by atoms with Crippen LogP contribution in [0, 0.1) is 11.8 Å². The number of rotatable bonds is 6. The average molecular weight is 267 g/mol. The van der Waals surface area contributed by atoms with Gasteiger partial charge in [-0.15, -0.1) is 11.3 Å². The van der Waals surface area contributed by atoms with Crippen molar-refractivity contribution in [2.75, 3.05) is 13.1 Å². The molecule has 0 bridgehead atoms. The molecule has 2 rings (SSSR count). The standard InChI is InChI=1S/C14H25N3S/c1-2-13-9-17-14(18-13)10-16-8-12-5-3-11(7-15)4-6-12/h9,11-12,16H,2-8,10,15H2,1H3. The Morgan fingerprint density at radius 1 is 1.33 bits per heavy atom. The van der Waals surface area contributed by atoms with Crippen LogP contribution in [0.4, 0.5) is 0 Å². The van der Waals surface area contributed by atoms with Crippen LogP contribution in [0.25, 0.3) is 0 Å². The normalized spacial score (nSPS) is 24.3. The average Bonchev–Trinajstić information content (AvgIpc) is 2.87. The Balaban J connectivity index is 1.63. The molecule has 4 heteroatoms. The maximum atomic E-state index is 5.72. The van der Waals surface area contributed by atoms with Gasteiger partial charge in [0, 0.05) is 17.6 Å². The fraction of sp³-hybridized carbons (Fsp3) is 0.786. The third kappa shape index (κ3) is 4.04. The van der Waals surface area contributed by atoms with Crippen LogP contribution in [0.3, 0.4) is 0 Å². The molecule has 3 N–H and O–H groups in total. The molecule has 1 saturated carbocycles. The SMILES string of the molecule is CCc1cnc(CNCC2CCC(CN)CC2)s1. The van der Waals surface area contributed by atoms with E-state index < -0.39 is 0 Å². The van der Waals surface area contributed by atoms with Crippen molar-refractivity contribution >= 4 is 11.3 Å². The van der Waals surface area contributed by atoms with Crippen LogP contribution in [0.5, 0.6) is 0 Å². The zero-order chi connectivity index (χ0) is 12.8. The van der Waals surface area contributed by atoms with Gasteiger partial charge in [-0.2, -0.15) is 0 Å². The first kappa shape index (κ1) is 14.0. The van der Waals surface area contributed by atoms with E-state index in [1.165, 1.54) is 35.6 Å². The second kappa shape index (κ2) is 7.22. The predicted octanol–water partition coefficient (Wildman–Crippen LogP) is 2.56. The topological polar surface area (TPSA) is 50.9 Å². The van der Waals surface area contributed by atoms with Crippen LogP contribution in [-0.4, -0.2) is 18.1 Å². The number of aryl methyl sites for hydroxylation is 1. The summed E-state index contributed by atoms with van der Waals surface area (Å²) in [5.41, 5.74) is 5.72. The van der Waals surface area contributed by atoms with Gasteiger partial charge in [-0.1, -0.05) is 6.92 Å². The molecule has 0 spiro atoms. The number of nitrogens with one attached hydrogen (secondary N) is 1. The van der Waals surface area contributed by atoms with Gasteiger partial charge >= 0.3 is 0 Å². The van der Waals surface area contributed by atoms with Gasteiger partial charge in [0.15, 0.2) is 0 Å². The highest BCUT2D eigenvalue weighted by atomic mass is 32.1. The second-order valence-electron chi connectivity index (χ2n) is 5.33. The zero-order valence-electron chi connectivity index (χ0n) is 11.3. The molecule has 0 atom stereocenters. The van der Waals surface area contributed by atoms with E-state index in [-0.39, 0.29) is 0 Å². The number of nitrogens with two attached hydrogens (primary N) is 1. The molecule has 0 saturated heterocycles. The Labute approximate surface area is 114 Å². The summed E-state index contributed by atoms with van der Waals surface area (Å²) < 4.78 is 0. The van der Waals surface area contributed by atoms with Crippen molar-refractivity contribution in [1.82, 2.24) is 10.3 Å². The highest BCUT2D eigenvalue weighted by Gasteiger charge is 2.19. The molecular weight excluding hydrogens is 242 g/mol. The van der Waals surface area contributed by atoms with Crippen molar-refractivity contribution in [2.24, 2.45) is 17.6 Å². The Kier molecular flexibility index (Phi) is 5.60. The molecule has 0 unspecified atom stereocenters. The van der Waals surface area contributed by atoms with E-state index in [9.17, 15) is 0 Å². The molecular formula is C14H25N3S. The summed E-state index contributed by atoms with van der Waals surface area (Å²) in [4.78, 5) is 5.82. The molecule has 1 heterocycles. The van der Waals surface area contributed by atoms with Crippen LogP contribution in [0.2, 0.25) is 0 Å². The van der Waals surface area contributed by atoms with Gasteiger partial charge in [-0.3, -0.25) is 0 Å². The lowest BCUT2D eigenvalue weighted by molar-refractivity contribution is 0.272. The molecule has 1 aromatic heterocycles. The zero-order valence-corrected chi connectivity index (χ0v) is 12.1. The smallest absolute Gasteiger partial charge is 0.107 e. The van der Waals surface area contributed by atoms with E-state index >= 15 is 0 Å². The monoisotopic (exact) mass is 267 g/mol. The van der Waals surface area contributed by atoms with Gasteiger partial charge in [0.2, 0.25) is 0 Å². The summed E-state index contributed by atoms with van der Waals surface area (Å²) in [6.07, 6.45) is 8.43. The Bertz CT molecular complexity index is 343. The number of hydrogen-bond acceptors (Lipinski definition) is 4. The Hall–Kier alpha value is -0.450. The largest absolute Gasteiger partial charge is 0.330 e. The molecule has 18 heavy (non-hydrogen) atoms. The van der Waals surface area contributed by atoms with E-state index in [1.807, 2.05) is 17.5 Å². The molecule has 0 aliphatic heterocycles. The number of nitrogens with zero attached hydrogens (tertiary/aromatic N) is 1. The fourth-order valence-electron chi connectivity index (χ4n) is 2.65. The number of hydrogen-bond donors (Lipinski definition) is 2. The van der Waals surface area contributed by atoms with Crippen molar-refractivity contribution in [3.05, 3.63) is 16.1 Å². The van der Waals surface area contributed by atoms with E-state index in [4.69, 9.17) is 5.73 Å². The quantitative estimate of drug-likeness (QED) is 0.833. The summed E-state index contributed by atoms with van der Waals surface area (Å²) in [5.74, 6) is 1.63. The summed E-state index contributed by atoms with van der Waals surface area (Å²) in [6.45, 7) is 5.12. The van der Waals surface area contributed by atoms with Crippen LogP contribution in [-0.2, 0) is 13.0 Å². The van der Waals surface area contributed by atoms with Gasteiger partial charge < -0.3 is 11.1 Å². The second-order valence-corrected chi connectivity index (χ2v) is 6.53. The van der Waals surface area contributed by atoms with Gasteiger partial charge in [-0.25, -0.2) is 4.98 Å². The highest BCUT2D eigenvalue weighted by Crippen LogP contribution is 2.27. The maximum Gasteiger partial charge on any atom is 0.107 e. The van der Waals surface area contributed by atoms with Crippen LogP contribution >= 0.6 is 11.3 Å². The predicted molar refractivity (Wildman–Crippen MR) is 77.7 cm³/mol. The van der Waals surface area contributed by atoms with Crippen molar-refractivity contribution in [3.63, 3.8) is 0 Å².